The Morgan fingerprint density at radius 3 is 2.70 bits per heavy atom. The van der Waals surface area contributed by atoms with Gasteiger partial charge in [0.15, 0.2) is 0 Å². The van der Waals surface area contributed by atoms with Crippen molar-refractivity contribution in [2.75, 3.05) is 0 Å². The fraction of sp³-hybridized carbons (Fsp3) is 0.375. The topological polar surface area (TPSA) is 37.3 Å². The van der Waals surface area contributed by atoms with Crippen molar-refractivity contribution in [2.45, 2.75) is 6.42 Å². The van der Waals surface area contributed by atoms with Crippen LogP contribution in [0.15, 0.2) is 23.8 Å². The van der Waals surface area contributed by atoms with Crippen LogP contribution in [0.4, 0.5) is 0 Å². The summed E-state index contributed by atoms with van der Waals surface area (Å²) in [6.45, 7) is 0. The molecule has 0 aromatic heterocycles. The first kappa shape index (κ1) is 5.71. The minimum atomic E-state index is -0.753. The van der Waals surface area contributed by atoms with Gasteiger partial charge in [-0.2, -0.15) is 0 Å². The highest BCUT2D eigenvalue weighted by Crippen LogP contribution is 2.37. The molecular weight excluding hydrogens is 128 g/mol. The van der Waals surface area contributed by atoms with E-state index in [4.69, 9.17) is 5.11 Å². The van der Waals surface area contributed by atoms with Gasteiger partial charge in [0.05, 0.1) is 0 Å². The zero-order valence-electron chi connectivity index (χ0n) is 5.45. The maximum absolute atomic E-state index is 10.5. The Hall–Kier alpha value is -1.05. The Bertz CT molecular complexity index is 238. The van der Waals surface area contributed by atoms with Crippen molar-refractivity contribution in [1.82, 2.24) is 0 Å². The smallest absolute Gasteiger partial charge is 0.331 e. The molecule has 2 atom stereocenters. The number of carboxylic acids is 1. The van der Waals surface area contributed by atoms with Gasteiger partial charge < -0.3 is 5.11 Å². The van der Waals surface area contributed by atoms with Crippen molar-refractivity contribution < 1.29 is 9.90 Å². The van der Waals surface area contributed by atoms with Crippen LogP contribution in [0.2, 0.25) is 0 Å². The predicted octanol–water partition coefficient (Wildman–Crippen LogP) is 1.20. The van der Waals surface area contributed by atoms with Crippen LogP contribution in [0, 0.1) is 11.8 Å². The molecule has 2 aliphatic carbocycles. The van der Waals surface area contributed by atoms with E-state index in [2.05, 4.69) is 6.08 Å². The third-order valence-corrected chi connectivity index (χ3v) is 2.16. The molecule has 2 heteroatoms. The number of hydrogen-bond acceptors (Lipinski definition) is 1. The van der Waals surface area contributed by atoms with Crippen LogP contribution in [0.1, 0.15) is 6.42 Å². The van der Waals surface area contributed by atoms with Crippen LogP contribution in [-0.2, 0) is 4.79 Å². The quantitative estimate of drug-likeness (QED) is 0.550. The molecule has 0 aromatic rings. The van der Waals surface area contributed by atoms with Crippen molar-refractivity contribution in [3.05, 3.63) is 23.8 Å². The summed E-state index contributed by atoms with van der Waals surface area (Å²) in [5.74, 6) is -0.129. The molecule has 0 heterocycles. The van der Waals surface area contributed by atoms with Gasteiger partial charge >= 0.3 is 5.97 Å². The van der Waals surface area contributed by atoms with Crippen molar-refractivity contribution in [3.8, 4) is 0 Å². The molecule has 0 unspecified atom stereocenters. The molecule has 0 saturated carbocycles. The largest absolute Gasteiger partial charge is 0.478 e. The van der Waals surface area contributed by atoms with Gasteiger partial charge in [-0.1, -0.05) is 18.2 Å². The molecule has 0 radical (unpaired) electrons. The molecule has 2 bridgehead atoms. The third kappa shape index (κ3) is 0.618. The van der Waals surface area contributed by atoms with Crippen molar-refractivity contribution >= 4 is 5.97 Å². The van der Waals surface area contributed by atoms with E-state index in [1.807, 2.05) is 12.2 Å². The van der Waals surface area contributed by atoms with E-state index in [0.29, 0.717) is 11.5 Å². The lowest BCUT2D eigenvalue weighted by Gasteiger charge is -2.01. The maximum Gasteiger partial charge on any atom is 0.331 e. The zero-order valence-corrected chi connectivity index (χ0v) is 5.45. The van der Waals surface area contributed by atoms with Gasteiger partial charge in [-0.15, -0.1) is 0 Å². The molecule has 0 aromatic carbocycles. The number of fused-ring (bicyclic) bond motifs is 2. The highest BCUT2D eigenvalue weighted by atomic mass is 16.4. The normalized spacial score (nSPS) is 34.6. The third-order valence-electron chi connectivity index (χ3n) is 2.16. The van der Waals surface area contributed by atoms with Gasteiger partial charge in [0.1, 0.15) is 0 Å². The fourth-order valence-electron chi connectivity index (χ4n) is 1.67. The monoisotopic (exact) mass is 136 g/mol. The lowest BCUT2D eigenvalue weighted by atomic mass is 10.0. The van der Waals surface area contributed by atoms with Gasteiger partial charge in [-0.25, -0.2) is 4.79 Å². The van der Waals surface area contributed by atoms with E-state index in [9.17, 15) is 4.79 Å². The fourth-order valence-corrected chi connectivity index (χ4v) is 1.67. The van der Waals surface area contributed by atoms with Crippen LogP contribution in [0.25, 0.3) is 0 Å². The van der Waals surface area contributed by atoms with Gasteiger partial charge in [0.2, 0.25) is 0 Å². The molecule has 2 rings (SSSR count). The van der Waals surface area contributed by atoms with E-state index in [-0.39, 0.29) is 5.92 Å². The maximum atomic E-state index is 10.5. The first-order chi connectivity index (χ1) is 4.77. The number of allylic oxidation sites excluding steroid dienone is 3. The summed E-state index contributed by atoms with van der Waals surface area (Å²) in [4.78, 5) is 10.5. The number of rotatable bonds is 1. The number of carbonyl (C=O) groups is 1. The summed E-state index contributed by atoms with van der Waals surface area (Å²) in [6, 6.07) is 0. The summed E-state index contributed by atoms with van der Waals surface area (Å²) >= 11 is 0. The van der Waals surface area contributed by atoms with Crippen molar-refractivity contribution in [1.29, 1.82) is 0 Å². The Morgan fingerprint density at radius 2 is 2.40 bits per heavy atom. The average molecular weight is 136 g/mol. The lowest BCUT2D eigenvalue weighted by Crippen LogP contribution is -2.05. The van der Waals surface area contributed by atoms with E-state index < -0.39 is 5.97 Å². The predicted molar refractivity (Wildman–Crippen MR) is 36.5 cm³/mol. The Labute approximate surface area is 58.9 Å². The standard InChI is InChI=1S/C8H8O2/c9-8(10)7-4-5-1-2-6(7)3-5/h1-2,4-6H,3H2,(H,9,10)/t5-,6+/m1/s1. The summed E-state index contributed by atoms with van der Waals surface area (Å²) in [5, 5.41) is 8.63. The molecule has 0 saturated heterocycles. The molecule has 10 heavy (non-hydrogen) atoms. The van der Waals surface area contributed by atoms with Gasteiger partial charge in [-0.3, -0.25) is 0 Å². The zero-order chi connectivity index (χ0) is 7.14. The first-order valence-corrected chi connectivity index (χ1v) is 3.40. The highest BCUT2D eigenvalue weighted by molar-refractivity contribution is 5.88. The lowest BCUT2D eigenvalue weighted by molar-refractivity contribution is -0.133. The van der Waals surface area contributed by atoms with Gasteiger partial charge in [0, 0.05) is 11.5 Å². The average Bonchev–Trinajstić information content (AvgIpc) is 2.44. The summed E-state index contributed by atoms with van der Waals surface area (Å²) in [7, 11) is 0. The van der Waals surface area contributed by atoms with E-state index >= 15 is 0 Å². The SMILES string of the molecule is O=C(O)C1=C[C@@H]2C=C[C@H]1C2. The molecule has 1 N–H and O–H groups in total. The Balaban J connectivity index is 2.29. The van der Waals surface area contributed by atoms with E-state index in [1.165, 1.54) is 0 Å². The molecule has 0 fully saturated rings. The van der Waals surface area contributed by atoms with Crippen LogP contribution >= 0.6 is 0 Å². The first-order valence-electron chi connectivity index (χ1n) is 3.40. The minimum Gasteiger partial charge on any atom is -0.478 e. The van der Waals surface area contributed by atoms with E-state index in [1.54, 1.807) is 0 Å². The molecule has 0 spiro atoms. The second kappa shape index (κ2) is 1.72. The van der Waals surface area contributed by atoms with Crippen LogP contribution in [0.3, 0.4) is 0 Å². The van der Waals surface area contributed by atoms with E-state index in [0.717, 1.165) is 6.42 Å². The molecule has 2 nitrogen and oxygen atoms in total. The summed E-state index contributed by atoms with van der Waals surface area (Å²) in [6.07, 6.45) is 6.92. The van der Waals surface area contributed by atoms with Crippen LogP contribution in [-0.4, -0.2) is 11.1 Å². The van der Waals surface area contributed by atoms with Crippen molar-refractivity contribution in [2.24, 2.45) is 11.8 Å². The van der Waals surface area contributed by atoms with Gasteiger partial charge in [0.25, 0.3) is 0 Å². The Kier molecular flexibility index (Phi) is 0.982. The minimum absolute atomic E-state index is 0.211. The van der Waals surface area contributed by atoms with Crippen LogP contribution in [0.5, 0.6) is 0 Å². The second-order valence-corrected chi connectivity index (χ2v) is 2.82. The van der Waals surface area contributed by atoms with Crippen LogP contribution < -0.4 is 0 Å². The van der Waals surface area contributed by atoms with Crippen molar-refractivity contribution in [3.63, 3.8) is 0 Å². The molecular formula is C8H8O2. The molecule has 52 valence electrons. The Morgan fingerprint density at radius 1 is 1.60 bits per heavy atom. The second-order valence-electron chi connectivity index (χ2n) is 2.82. The number of carboxylic acid groups (broad SMARTS) is 1. The number of aliphatic carboxylic acids is 1. The number of hydrogen-bond donors (Lipinski definition) is 1. The summed E-state index contributed by atoms with van der Waals surface area (Å²) in [5.41, 5.74) is 0.590. The molecule has 2 aliphatic rings. The summed E-state index contributed by atoms with van der Waals surface area (Å²) < 4.78 is 0. The highest BCUT2D eigenvalue weighted by Gasteiger charge is 2.31. The van der Waals surface area contributed by atoms with Gasteiger partial charge in [-0.05, 0) is 12.3 Å². The molecule has 0 aliphatic heterocycles. The molecule has 0 amide bonds.